The highest BCUT2D eigenvalue weighted by Crippen LogP contribution is 2.35. The minimum Gasteiger partial charge on any atom is -0.384 e. The largest absolute Gasteiger partial charge is 0.384 e. The van der Waals surface area contributed by atoms with Crippen LogP contribution in [0, 0.1) is 6.92 Å². The average Bonchev–Trinajstić information content (AvgIpc) is 2.86. The van der Waals surface area contributed by atoms with Gasteiger partial charge in [0, 0.05) is 16.0 Å². The van der Waals surface area contributed by atoms with Crippen LogP contribution in [0.2, 0.25) is 0 Å². The van der Waals surface area contributed by atoms with E-state index in [1.165, 1.54) is 21.2 Å². The summed E-state index contributed by atoms with van der Waals surface area (Å²) in [5.41, 5.74) is 1.61. The molecule has 102 valence electrons. The molecule has 20 heavy (non-hydrogen) atoms. The third kappa shape index (κ3) is 2.49. The molecule has 0 saturated heterocycles. The van der Waals surface area contributed by atoms with Crippen molar-refractivity contribution in [3.8, 4) is 0 Å². The van der Waals surface area contributed by atoms with Crippen LogP contribution in [-0.4, -0.2) is 5.11 Å². The van der Waals surface area contributed by atoms with Crippen LogP contribution in [0.4, 0.5) is 0 Å². The van der Waals surface area contributed by atoms with Crippen molar-refractivity contribution in [2.45, 2.75) is 25.9 Å². The van der Waals surface area contributed by atoms with Crippen molar-refractivity contribution < 1.29 is 5.11 Å². The van der Waals surface area contributed by atoms with E-state index >= 15 is 0 Å². The van der Waals surface area contributed by atoms with Crippen LogP contribution in [0.15, 0.2) is 54.6 Å². The number of benzene rings is 2. The van der Waals surface area contributed by atoms with Gasteiger partial charge in [-0.05, 0) is 42.5 Å². The van der Waals surface area contributed by atoms with Crippen molar-refractivity contribution >= 4 is 21.4 Å². The molecular weight excluding hydrogens is 264 g/mol. The Hall–Kier alpha value is -1.64. The predicted octanol–water partition coefficient (Wildman–Crippen LogP) is 4.66. The molecule has 1 nitrogen and oxygen atoms in total. The minimum absolute atomic E-state index is 0.645. The van der Waals surface area contributed by atoms with E-state index in [-0.39, 0.29) is 0 Å². The van der Waals surface area contributed by atoms with Crippen LogP contribution in [0.25, 0.3) is 10.1 Å². The Labute approximate surface area is 123 Å². The van der Waals surface area contributed by atoms with Gasteiger partial charge in [0.05, 0.1) is 5.60 Å². The van der Waals surface area contributed by atoms with Crippen molar-refractivity contribution in [3.05, 3.63) is 70.6 Å². The maximum absolute atomic E-state index is 10.9. The number of hydrogen-bond donors (Lipinski definition) is 1. The molecule has 1 unspecified atom stereocenters. The summed E-state index contributed by atoms with van der Waals surface area (Å²) in [6.07, 6.45) is 0.645. The average molecular weight is 282 g/mol. The Kier molecular flexibility index (Phi) is 3.36. The summed E-state index contributed by atoms with van der Waals surface area (Å²) in [6, 6.07) is 18.6. The van der Waals surface area contributed by atoms with Crippen molar-refractivity contribution in [1.29, 1.82) is 0 Å². The van der Waals surface area contributed by atoms with Gasteiger partial charge in [-0.25, -0.2) is 0 Å². The number of hydrogen-bond acceptors (Lipinski definition) is 2. The summed E-state index contributed by atoms with van der Waals surface area (Å²) in [7, 11) is 0. The molecule has 0 fully saturated rings. The molecule has 0 aliphatic heterocycles. The molecule has 0 radical (unpaired) electrons. The van der Waals surface area contributed by atoms with E-state index in [0.29, 0.717) is 6.42 Å². The molecule has 0 aliphatic carbocycles. The zero-order chi connectivity index (χ0) is 14.2. The summed E-state index contributed by atoms with van der Waals surface area (Å²) in [4.78, 5) is 1.03. The highest BCUT2D eigenvalue weighted by molar-refractivity contribution is 7.19. The number of aryl methyl sites for hydroxylation is 1. The highest BCUT2D eigenvalue weighted by Gasteiger charge is 2.26. The lowest BCUT2D eigenvalue weighted by molar-refractivity contribution is 0.0614. The molecule has 0 bridgehead atoms. The molecule has 1 atom stereocenters. The zero-order valence-electron chi connectivity index (χ0n) is 11.8. The Morgan fingerprint density at radius 1 is 1.05 bits per heavy atom. The normalized spacial score (nSPS) is 14.3. The van der Waals surface area contributed by atoms with Crippen LogP contribution in [0.5, 0.6) is 0 Å². The molecule has 3 aromatic rings. The van der Waals surface area contributed by atoms with Crippen LogP contribution in [0.1, 0.15) is 22.9 Å². The van der Waals surface area contributed by atoms with Gasteiger partial charge in [-0.3, -0.25) is 0 Å². The van der Waals surface area contributed by atoms with E-state index in [0.717, 1.165) is 4.88 Å². The zero-order valence-corrected chi connectivity index (χ0v) is 12.6. The molecule has 3 rings (SSSR count). The van der Waals surface area contributed by atoms with E-state index in [4.69, 9.17) is 0 Å². The molecular formula is C18H18OS. The van der Waals surface area contributed by atoms with Crippen molar-refractivity contribution in [2.75, 3.05) is 0 Å². The monoisotopic (exact) mass is 282 g/mol. The van der Waals surface area contributed by atoms with Gasteiger partial charge in [0.15, 0.2) is 0 Å². The van der Waals surface area contributed by atoms with E-state index in [9.17, 15) is 5.11 Å². The lowest BCUT2D eigenvalue weighted by Gasteiger charge is -2.23. The lowest BCUT2D eigenvalue weighted by Crippen LogP contribution is -2.23. The predicted molar refractivity (Wildman–Crippen MR) is 86.3 cm³/mol. The summed E-state index contributed by atoms with van der Waals surface area (Å²) in [5, 5.41) is 12.1. The van der Waals surface area contributed by atoms with E-state index < -0.39 is 5.60 Å². The fraction of sp³-hybridized carbons (Fsp3) is 0.222. The first kappa shape index (κ1) is 13.3. The maximum Gasteiger partial charge on any atom is 0.1000 e. The first-order valence-corrected chi connectivity index (χ1v) is 7.64. The summed E-state index contributed by atoms with van der Waals surface area (Å²) in [6.45, 7) is 4.00. The van der Waals surface area contributed by atoms with Gasteiger partial charge in [0.2, 0.25) is 0 Å². The molecule has 0 saturated carbocycles. The van der Waals surface area contributed by atoms with Crippen molar-refractivity contribution in [3.63, 3.8) is 0 Å². The minimum atomic E-state index is -0.824. The second kappa shape index (κ2) is 5.04. The molecule has 0 amide bonds. The van der Waals surface area contributed by atoms with Crippen molar-refractivity contribution in [2.24, 2.45) is 0 Å². The van der Waals surface area contributed by atoms with Crippen LogP contribution >= 0.6 is 11.3 Å². The fourth-order valence-electron chi connectivity index (χ4n) is 2.51. The molecule has 1 aromatic heterocycles. The number of fused-ring (bicyclic) bond motifs is 1. The van der Waals surface area contributed by atoms with Gasteiger partial charge in [-0.2, -0.15) is 0 Å². The van der Waals surface area contributed by atoms with Crippen molar-refractivity contribution in [1.82, 2.24) is 0 Å². The fourth-order valence-corrected chi connectivity index (χ4v) is 3.62. The summed E-state index contributed by atoms with van der Waals surface area (Å²) in [5.74, 6) is 0. The third-order valence-electron chi connectivity index (χ3n) is 3.75. The third-order valence-corrected chi connectivity index (χ3v) is 5.12. The van der Waals surface area contributed by atoms with Gasteiger partial charge in [0.25, 0.3) is 0 Å². The highest BCUT2D eigenvalue weighted by atomic mass is 32.1. The Balaban J connectivity index is 1.97. The Morgan fingerprint density at radius 3 is 2.50 bits per heavy atom. The summed E-state index contributed by atoms with van der Waals surface area (Å²) < 4.78 is 1.23. The lowest BCUT2D eigenvalue weighted by atomic mass is 9.92. The van der Waals surface area contributed by atoms with Crippen LogP contribution < -0.4 is 0 Å². The quantitative estimate of drug-likeness (QED) is 0.740. The smallest absolute Gasteiger partial charge is 0.1000 e. The Bertz CT molecular complexity index is 707. The van der Waals surface area contributed by atoms with E-state index in [1.54, 1.807) is 11.3 Å². The van der Waals surface area contributed by atoms with Gasteiger partial charge >= 0.3 is 0 Å². The first-order chi connectivity index (χ1) is 9.56. The Morgan fingerprint density at radius 2 is 1.75 bits per heavy atom. The molecule has 1 heterocycles. The number of aliphatic hydroxyl groups is 1. The standard InChI is InChI=1S/C18H18OS/c1-13-7-3-4-9-15(13)12-18(2,19)17-11-14-8-5-6-10-16(14)20-17/h3-11,19H,12H2,1-2H3. The number of thiophene rings is 1. The maximum atomic E-state index is 10.9. The second-order valence-corrected chi connectivity index (χ2v) is 6.61. The summed E-state index contributed by atoms with van der Waals surface area (Å²) >= 11 is 1.68. The molecule has 0 spiro atoms. The van der Waals surface area contributed by atoms with Gasteiger partial charge in [-0.1, -0.05) is 42.5 Å². The molecule has 2 aromatic carbocycles. The SMILES string of the molecule is Cc1ccccc1CC(C)(O)c1cc2ccccc2s1. The van der Waals surface area contributed by atoms with Gasteiger partial charge in [0.1, 0.15) is 0 Å². The van der Waals surface area contributed by atoms with Gasteiger partial charge in [-0.15, -0.1) is 11.3 Å². The second-order valence-electron chi connectivity index (χ2n) is 5.53. The molecule has 2 heteroatoms. The van der Waals surface area contributed by atoms with E-state index in [2.05, 4.69) is 37.3 Å². The van der Waals surface area contributed by atoms with Crippen LogP contribution in [0.3, 0.4) is 0 Å². The van der Waals surface area contributed by atoms with Gasteiger partial charge < -0.3 is 5.11 Å². The molecule has 1 N–H and O–H groups in total. The first-order valence-electron chi connectivity index (χ1n) is 6.82. The molecule has 0 aliphatic rings. The van der Waals surface area contributed by atoms with E-state index in [1.807, 2.05) is 31.2 Å². The number of rotatable bonds is 3. The topological polar surface area (TPSA) is 20.2 Å². The van der Waals surface area contributed by atoms with Crippen LogP contribution in [-0.2, 0) is 12.0 Å².